The lowest BCUT2D eigenvalue weighted by atomic mass is 10.2. The van der Waals surface area contributed by atoms with Crippen LogP contribution in [0, 0.1) is 0 Å². The molecule has 0 heterocycles. The van der Waals surface area contributed by atoms with Crippen LogP contribution >= 0.6 is 11.6 Å². The predicted octanol–water partition coefficient (Wildman–Crippen LogP) is 5.26. The molecule has 3 aromatic carbocycles. The maximum absolute atomic E-state index is 12.3. The van der Waals surface area contributed by atoms with Gasteiger partial charge in [-0.05, 0) is 54.1 Å². The Hall–Kier alpha value is -3.77. The van der Waals surface area contributed by atoms with Crippen molar-refractivity contribution in [1.29, 1.82) is 0 Å². The summed E-state index contributed by atoms with van der Waals surface area (Å²) in [6, 6.07) is 19.0. The number of hydrogen-bond donors (Lipinski definition) is 2. The van der Waals surface area contributed by atoms with E-state index in [1.165, 1.54) is 6.08 Å². The van der Waals surface area contributed by atoms with Crippen molar-refractivity contribution >= 4 is 40.9 Å². The summed E-state index contributed by atoms with van der Waals surface area (Å²) in [5, 5.41) is 5.80. The lowest BCUT2D eigenvalue weighted by molar-refractivity contribution is -0.111. The van der Waals surface area contributed by atoms with E-state index in [-0.39, 0.29) is 11.8 Å². The van der Waals surface area contributed by atoms with Crippen molar-refractivity contribution in [2.24, 2.45) is 0 Å². The molecule has 0 aliphatic heterocycles. The van der Waals surface area contributed by atoms with E-state index in [0.29, 0.717) is 33.5 Å². The second-order valence-corrected chi connectivity index (χ2v) is 6.86. The molecule has 0 atom stereocenters. The number of ether oxygens (including phenoxy) is 2. The van der Waals surface area contributed by atoms with E-state index in [0.717, 1.165) is 5.56 Å². The molecule has 3 rings (SSSR count). The minimum absolute atomic E-state index is 0.267. The van der Waals surface area contributed by atoms with Crippen LogP contribution in [0.1, 0.15) is 15.9 Å². The highest BCUT2D eigenvalue weighted by atomic mass is 35.5. The summed E-state index contributed by atoms with van der Waals surface area (Å²) in [6.45, 7) is 0. The van der Waals surface area contributed by atoms with Gasteiger partial charge < -0.3 is 20.1 Å². The highest BCUT2D eigenvalue weighted by Gasteiger charge is 2.09. The first-order valence-corrected chi connectivity index (χ1v) is 9.75. The van der Waals surface area contributed by atoms with Crippen LogP contribution in [0.15, 0.2) is 72.8 Å². The molecule has 2 N–H and O–H groups in total. The summed E-state index contributed by atoms with van der Waals surface area (Å²) in [4.78, 5) is 24.5. The molecule has 0 aromatic heterocycles. The molecule has 0 aliphatic carbocycles. The van der Waals surface area contributed by atoms with Crippen molar-refractivity contribution in [3.05, 3.63) is 89.0 Å². The summed E-state index contributed by atoms with van der Waals surface area (Å²) in [6.07, 6.45) is 3.06. The van der Waals surface area contributed by atoms with Gasteiger partial charge in [0.25, 0.3) is 5.91 Å². The Bertz CT molecular complexity index is 1110. The molecule has 0 saturated heterocycles. The van der Waals surface area contributed by atoms with E-state index in [4.69, 9.17) is 21.1 Å². The molecule has 0 saturated carbocycles. The van der Waals surface area contributed by atoms with Gasteiger partial charge in [0.15, 0.2) is 11.5 Å². The fourth-order valence-corrected chi connectivity index (χ4v) is 3.02. The number of hydrogen-bond acceptors (Lipinski definition) is 4. The van der Waals surface area contributed by atoms with Gasteiger partial charge in [-0.25, -0.2) is 0 Å². The zero-order chi connectivity index (χ0) is 22.2. The number of anilines is 2. The van der Waals surface area contributed by atoms with E-state index in [2.05, 4.69) is 10.6 Å². The standard InChI is InChI=1S/C24H21ClN2O4/c1-30-21-12-8-16(14-22(21)31-2)9-13-23(28)26-18-10-11-20(19(25)15-18)27-24(29)17-6-4-3-5-7-17/h3-15H,1-2H3,(H,26,28)(H,27,29)/b13-9+. The first-order valence-electron chi connectivity index (χ1n) is 9.37. The Morgan fingerprint density at radius 3 is 2.29 bits per heavy atom. The largest absolute Gasteiger partial charge is 0.493 e. The fourth-order valence-electron chi connectivity index (χ4n) is 2.79. The lowest BCUT2D eigenvalue weighted by Gasteiger charge is -2.10. The molecule has 0 radical (unpaired) electrons. The topological polar surface area (TPSA) is 76.7 Å². The molecule has 0 bridgehead atoms. The molecule has 3 aromatic rings. The highest BCUT2D eigenvalue weighted by molar-refractivity contribution is 6.34. The third-order valence-corrected chi connectivity index (χ3v) is 4.67. The third-order valence-electron chi connectivity index (χ3n) is 4.36. The van der Waals surface area contributed by atoms with Crippen molar-refractivity contribution in [1.82, 2.24) is 0 Å². The SMILES string of the molecule is COc1ccc(/C=C/C(=O)Nc2ccc(NC(=O)c3ccccc3)c(Cl)c2)cc1OC. The van der Waals surface area contributed by atoms with E-state index in [1.807, 2.05) is 12.1 Å². The maximum Gasteiger partial charge on any atom is 0.255 e. The average Bonchev–Trinajstić information content (AvgIpc) is 2.79. The summed E-state index contributed by atoms with van der Waals surface area (Å²) in [5.74, 6) is 0.590. The number of carbonyl (C=O) groups is 2. The van der Waals surface area contributed by atoms with Crippen LogP contribution in [0.4, 0.5) is 11.4 Å². The van der Waals surface area contributed by atoms with Crippen molar-refractivity contribution in [2.75, 3.05) is 24.9 Å². The predicted molar refractivity (Wildman–Crippen MR) is 123 cm³/mol. The summed E-state index contributed by atoms with van der Waals surface area (Å²) in [5.41, 5.74) is 2.26. The van der Waals surface area contributed by atoms with Gasteiger partial charge in [0.2, 0.25) is 5.91 Å². The molecular weight excluding hydrogens is 416 g/mol. The Balaban J connectivity index is 1.63. The molecule has 2 amide bonds. The Morgan fingerprint density at radius 2 is 1.61 bits per heavy atom. The van der Waals surface area contributed by atoms with Crippen LogP contribution in [0.2, 0.25) is 5.02 Å². The van der Waals surface area contributed by atoms with Gasteiger partial charge in [0, 0.05) is 17.3 Å². The molecule has 0 fully saturated rings. The Kier molecular flexibility index (Phi) is 7.30. The zero-order valence-corrected chi connectivity index (χ0v) is 17.8. The molecule has 31 heavy (non-hydrogen) atoms. The van der Waals surface area contributed by atoms with E-state index < -0.39 is 0 Å². The number of carbonyl (C=O) groups excluding carboxylic acids is 2. The number of methoxy groups -OCH3 is 2. The van der Waals surface area contributed by atoms with Crippen molar-refractivity contribution in [3.63, 3.8) is 0 Å². The van der Waals surface area contributed by atoms with Crippen LogP contribution in [-0.2, 0) is 4.79 Å². The number of rotatable bonds is 7. The number of nitrogens with one attached hydrogen (secondary N) is 2. The van der Waals surface area contributed by atoms with Gasteiger partial charge in [-0.15, -0.1) is 0 Å². The fraction of sp³-hybridized carbons (Fsp3) is 0.0833. The van der Waals surface area contributed by atoms with Crippen LogP contribution < -0.4 is 20.1 Å². The lowest BCUT2D eigenvalue weighted by Crippen LogP contribution is -2.12. The van der Waals surface area contributed by atoms with Crippen LogP contribution in [0.25, 0.3) is 6.08 Å². The number of halogens is 1. The minimum Gasteiger partial charge on any atom is -0.493 e. The normalized spacial score (nSPS) is 10.5. The molecule has 0 spiro atoms. The second kappa shape index (κ2) is 10.3. The first kappa shape index (κ1) is 21.9. The van der Waals surface area contributed by atoms with E-state index in [9.17, 15) is 9.59 Å². The Labute approximate surface area is 185 Å². The van der Waals surface area contributed by atoms with E-state index in [1.54, 1.807) is 74.9 Å². The van der Waals surface area contributed by atoms with Crippen molar-refractivity contribution in [2.45, 2.75) is 0 Å². The Morgan fingerprint density at radius 1 is 0.871 bits per heavy atom. The minimum atomic E-state index is -0.327. The summed E-state index contributed by atoms with van der Waals surface area (Å²) >= 11 is 6.27. The summed E-state index contributed by atoms with van der Waals surface area (Å²) < 4.78 is 10.5. The smallest absolute Gasteiger partial charge is 0.255 e. The monoisotopic (exact) mass is 436 g/mol. The molecule has 0 unspecified atom stereocenters. The number of amides is 2. The van der Waals surface area contributed by atoms with Gasteiger partial charge in [0.1, 0.15) is 0 Å². The van der Waals surface area contributed by atoms with Gasteiger partial charge in [-0.1, -0.05) is 35.9 Å². The van der Waals surface area contributed by atoms with Crippen LogP contribution in [-0.4, -0.2) is 26.0 Å². The van der Waals surface area contributed by atoms with Crippen molar-refractivity contribution < 1.29 is 19.1 Å². The molecule has 158 valence electrons. The molecular formula is C24H21ClN2O4. The van der Waals surface area contributed by atoms with Gasteiger partial charge >= 0.3 is 0 Å². The zero-order valence-electron chi connectivity index (χ0n) is 17.0. The van der Waals surface area contributed by atoms with Gasteiger partial charge in [0.05, 0.1) is 24.9 Å². The van der Waals surface area contributed by atoms with Crippen LogP contribution in [0.5, 0.6) is 11.5 Å². The average molecular weight is 437 g/mol. The second-order valence-electron chi connectivity index (χ2n) is 6.45. The summed E-state index contributed by atoms with van der Waals surface area (Å²) in [7, 11) is 3.11. The number of benzene rings is 3. The van der Waals surface area contributed by atoms with Crippen molar-refractivity contribution in [3.8, 4) is 11.5 Å². The molecule has 6 nitrogen and oxygen atoms in total. The molecule has 0 aliphatic rings. The van der Waals surface area contributed by atoms with Gasteiger partial charge in [-0.3, -0.25) is 9.59 Å². The first-order chi connectivity index (χ1) is 15.0. The highest BCUT2D eigenvalue weighted by Crippen LogP contribution is 2.28. The third kappa shape index (κ3) is 5.87. The van der Waals surface area contributed by atoms with Crippen LogP contribution in [0.3, 0.4) is 0 Å². The maximum atomic E-state index is 12.3. The van der Waals surface area contributed by atoms with E-state index >= 15 is 0 Å². The van der Waals surface area contributed by atoms with Gasteiger partial charge in [-0.2, -0.15) is 0 Å². The quantitative estimate of drug-likeness (QED) is 0.495. The molecule has 7 heteroatoms.